The van der Waals surface area contributed by atoms with Gasteiger partial charge in [0, 0.05) is 6.54 Å². The van der Waals surface area contributed by atoms with Gasteiger partial charge in [0.15, 0.2) is 0 Å². The van der Waals surface area contributed by atoms with E-state index in [1.165, 1.54) is 12.1 Å². The number of nitrogens with one attached hydrogen (secondary N) is 1. The number of hydrogen-bond acceptors (Lipinski definition) is 3. The molecule has 0 atom stereocenters. The number of hydrogen-bond donors (Lipinski definition) is 2. The highest BCUT2D eigenvalue weighted by molar-refractivity contribution is 6.34. The first-order valence-corrected chi connectivity index (χ1v) is 7.54. The van der Waals surface area contributed by atoms with Crippen LogP contribution in [0.2, 0.25) is 10.3 Å². The van der Waals surface area contributed by atoms with E-state index in [2.05, 4.69) is 10.3 Å². The van der Waals surface area contributed by atoms with Crippen molar-refractivity contribution in [2.75, 3.05) is 6.54 Å². The van der Waals surface area contributed by atoms with Gasteiger partial charge in [-0.15, -0.1) is 0 Å². The van der Waals surface area contributed by atoms with Crippen molar-refractivity contribution in [2.45, 2.75) is 32.1 Å². The number of carboxylic acids is 1. The standard InChI is InChI=1S/C14H16Cl2N2O3/c15-10-5-4-9(11(16)18-10)12(19)17-8-14(13(20)21)6-2-1-3-7-14/h4-5H,1-3,6-8H2,(H,17,19)(H,20,21). The average Bonchev–Trinajstić information content (AvgIpc) is 2.45. The third-order valence-electron chi connectivity index (χ3n) is 3.91. The van der Waals surface area contributed by atoms with Gasteiger partial charge in [-0.25, -0.2) is 4.98 Å². The van der Waals surface area contributed by atoms with Crippen molar-refractivity contribution in [3.8, 4) is 0 Å². The summed E-state index contributed by atoms with van der Waals surface area (Å²) in [6.07, 6.45) is 3.93. The number of carbonyl (C=O) groups excluding carboxylic acids is 1. The SMILES string of the molecule is O=C(NCC1(C(=O)O)CCCCC1)c1ccc(Cl)nc1Cl. The molecule has 1 aromatic heterocycles. The molecule has 0 bridgehead atoms. The summed E-state index contributed by atoms with van der Waals surface area (Å²) in [5, 5.41) is 12.3. The topological polar surface area (TPSA) is 79.3 Å². The molecule has 1 saturated carbocycles. The Balaban J connectivity index is 2.07. The monoisotopic (exact) mass is 330 g/mol. The molecule has 1 heterocycles. The lowest BCUT2D eigenvalue weighted by Crippen LogP contribution is -2.44. The van der Waals surface area contributed by atoms with Gasteiger partial charge in [0.2, 0.25) is 0 Å². The average molecular weight is 331 g/mol. The van der Waals surface area contributed by atoms with E-state index in [9.17, 15) is 14.7 Å². The lowest BCUT2D eigenvalue weighted by atomic mass is 9.74. The number of carbonyl (C=O) groups is 2. The van der Waals surface area contributed by atoms with Gasteiger partial charge in [-0.2, -0.15) is 0 Å². The van der Waals surface area contributed by atoms with Crippen molar-refractivity contribution in [3.63, 3.8) is 0 Å². The zero-order chi connectivity index (χ0) is 15.5. The van der Waals surface area contributed by atoms with Crippen molar-refractivity contribution in [3.05, 3.63) is 28.0 Å². The Morgan fingerprint density at radius 1 is 1.24 bits per heavy atom. The fraction of sp³-hybridized carbons (Fsp3) is 0.500. The summed E-state index contributed by atoms with van der Waals surface area (Å²) in [5.41, 5.74) is -0.683. The molecule has 1 aromatic rings. The molecule has 1 fully saturated rings. The van der Waals surface area contributed by atoms with Crippen LogP contribution in [0.3, 0.4) is 0 Å². The number of amides is 1. The Morgan fingerprint density at radius 3 is 2.48 bits per heavy atom. The van der Waals surface area contributed by atoms with Gasteiger partial charge in [0.25, 0.3) is 5.91 Å². The first-order valence-electron chi connectivity index (χ1n) is 6.78. The number of halogens is 2. The van der Waals surface area contributed by atoms with Crippen LogP contribution in [0.4, 0.5) is 0 Å². The molecule has 0 radical (unpaired) electrons. The van der Waals surface area contributed by atoms with Crippen molar-refractivity contribution in [1.82, 2.24) is 10.3 Å². The normalized spacial score (nSPS) is 17.2. The number of nitrogens with zero attached hydrogens (tertiary/aromatic N) is 1. The van der Waals surface area contributed by atoms with Gasteiger partial charge < -0.3 is 10.4 Å². The molecular weight excluding hydrogens is 315 g/mol. The first kappa shape index (κ1) is 16.0. The molecule has 21 heavy (non-hydrogen) atoms. The maximum absolute atomic E-state index is 12.1. The van der Waals surface area contributed by atoms with E-state index in [1.807, 2.05) is 0 Å². The Bertz CT molecular complexity index is 557. The number of aromatic nitrogens is 1. The molecule has 1 aliphatic carbocycles. The van der Waals surface area contributed by atoms with Crippen LogP contribution in [0.5, 0.6) is 0 Å². The highest BCUT2D eigenvalue weighted by atomic mass is 35.5. The zero-order valence-electron chi connectivity index (χ0n) is 11.4. The van der Waals surface area contributed by atoms with Gasteiger partial charge in [-0.3, -0.25) is 9.59 Å². The van der Waals surface area contributed by atoms with E-state index in [1.54, 1.807) is 0 Å². The summed E-state index contributed by atoms with van der Waals surface area (Å²) >= 11 is 11.5. The molecule has 2 rings (SSSR count). The molecule has 0 spiro atoms. The van der Waals surface area contributed by atoms with Gasteiger partial charge in [0.1, 0.15) is 10.3 Å². The maximum atomic E-state index is 12.1. The Morgan fingerprint density at radius 2 is 1.90 bits per heavy atom. The predicted molar refractivity (Wildman–Crippen MR) is 79.7 cm³/mol. The van der Waals surface area contributed by atoms with Crippen LogP contribution in [0, 0.1) is 5.41 Å². The Kier molecular flexibility index (Phi) is 5.06. The molecular formula is C14H16Cl2N2O3. The first-order chi connectivity index (χ1) is 9.94. The second kappa shape index (κ2) is 6.62. The molecule has 0 aliphatic heterocycles. The summed E-state index contributed by atoms with van der Waals surface area (Å²) in [7, 11) is 0. The van der Waals surface area contributed by atoms with Crippen LogP contribution < -0.4 is 5.32 Å². The van der Waals surface area contributed by atoms with Crippen LogP contribution >= 0.6 is 23.2 Å². The molecule has 5 nitrogen and oxygen atoms in total. The zero-order valence-corrected chi connectivity index (χ0v) is 12.9. The molecule has 1 aliphatic rings. The van der Waals surface area contributed by atoms with E-state index < -0.39 is 17.3 Å². The smallest absolute Gasteiger partial charge is 0.311 e. The lowest BCUT2D eigenvalue weighted by molar-refractivity contribution is -0.150. The summed E-state index contributed by atoms with van der Waals surface area (Å²) in [5.74, 6) is -1.29. The van der Waals surface area contributed by atoms with Crippen LogP contribution in [-0.4, -0.2) is 28.5 Å². The quantitative estimate of drug-likeness (QED) is 0.831. The molecule has 0 saturated heterocycles. The minimum Gasteiger partial charge on any atom is -0.481 e. The minimum absolute atomic E-state index is 0.00743. The molecule has 0 aromatic carbocycles. The van der Waals surface area contributed by atoms with Gasteiger partial charge in [-0.05, 0) is 25.0 Å². The Labute approximate surface area is 132 Å². The fourth-order valence-electron chi connectivity index (χ4n) is 2.62. The van der Waals surface area contributed by atoms with Crippen molar-refractivity contribution >= 4 is 35.1 Å². The van der Waals surface area contributed by atoms with E-state index >= 15 is 0 Å². The minimum atomic E-state index is -0.875. The summed E-state index contributed by atoms with van der Waals surface area (Å²) in [6, 6.07) is 2.94. The molecule has 1 amide bonds. The number of aliphatic carboxylic acids is 1. The van der Waals surface area contributed by atoms with Crippen LogP contribution in [-0.2, 0) is 4.79 Å². The lowest BCUT2D eigenvalue weighted by Gasteiger charge is -2.33. The highest BCUT2D eigenvalue weighted by Gasteiger charge is 2.39. The van der Waals surface area contributed by atoms with Gasteiger partial charge in [0.05, 0.1) is 11.0 Å². The Hall–Kier alpha value is -1.33. The highest BCUT2D eigenvalue weighted by Crippen LogP contribution is 2.36. The molecule has 0 unspecified atom stereocenters. The van der Waals surface area contributed by atoms with Crippen molar-refractivity contribution in [1.29, 1.82) is 0 Å². The predicted octanol–water partition coefficient (Wildman–Crippen LogP) is 3.15. The number of pyridine rings is 1. The second-order valence-electron chi connectivity index (χ2n) is 5.30. The van der Waals surface area contributed by atoms with Crippen LogP contribution in [0.1, 0.15) is 42.5 Å². The van der Waals surface area contributed by atoms with E-state index in [0.717, 1.165) is 19.3 Å². The summed E-state index contributed by atoms with van der Waals surface area (Å²) < 4.78 is 0. The van der Waals surface area contributed by atoms with Crippen molar-refractivity contribution in [2.24, 2.45) is 5.41 Å². The van der Waals surface area contributed by atoms with Gasteiger partial charge in [-0.1, -0.05) is 42.5 Å². The summed E-state index contributed by atoms with van der Waals surface area (Å²) in [6.45, 7) is 0.0973. The molecule has 2 N–H and O–H groups in total. The molecule has 7 heteroatoms. The van der Waals surface area contributed by atoms with E-state index in [4.69, 9.17) is 23.2 Å². The van der Waals surface area contributed by atoms with E-state index in [0.29, 0.717) is 12.8 Å². The second-order valence-corrected chi connectivity index (χ2v) is 6.05. The number of carboxylic acid groups (broad SMARTS) is 1. The van der Waals surface area contributed by atoms with Crippen LogP contribution in [0.15, 0.2) is 12.1 Å². The van der Waals surface area contributed by atoms with Crippen LogP contribution in [0.25, 0.3) is 0 Å². The number of rotatable bonds is 4. The van der Waals surface area contributed by atoms with Crippen molar-refractivity contribution < 1.29 is 14.7 Å². The maximum Gasteiger partial charge on any atom is 0.311 e. The largest absolute Gasteiger partial charge is 0.481 e. The van der Waals surface area contributed by atoms with E-state index in [-0.39, 0.29) is 22.4 Å². The van der Waals surface area contributed by atoms with Gasteiger partial charge >= 0.3 is 5.97 Å². The fourth-order valence-corrected chi connectivity index (χ4v) is 3.05. The summed E-state index contributed by atoms with van der Waals surface area (Å²) in [4.78, 5) is 27.4. The molecule has 114 valence electrons. The third-order valence-corrected chi connectivity index (χ3v) is 4.41. The third kappa shape index (κ3) is 3.66.